The van der Waals surface area contributed by atoms with Crippen LogP contribution in [0.25, 0.3) is 78.1 Å². The van der Waals surface area contributed by atoms with Crippen LogP contribution in [0.3, 0.4) is 0 Å². The lowest BCUT2D eigenvalue weighted by Crippen LogP contribution is -2.00. The molecule has 0 N–H and O–H groups in total. The predicted octanol–water partition coefficient (Wildman–Crippen LogP) is 8.99. The number of furan rings is 1. The summed E-state index contributed by atoms with van der Waals surface area (Å²) in [5, 5.41) is 4.20. The summed E-state index contributed by atoms with van der Waals surface area (Å²) in [5.74, 6) is 1.87. The number of rotatable bonds is 4. The Bertz CT molecular complexity index is 2150. The molecule has 8 rings (SSSR count). The van der Waals surface area contributed by atoms with Crippen LogP contribution in [0.4, 0.5) is 0 Å². The fourth-order valence-corrected chi connectivity index (χ4v) is 5.39. The first-order valence-electron chi connectivity index (χ1n) is 13.5. The minimum Gasteiger partial charge on any atom is -0.455 e. The van der Waals surface area contributed by atoms with Gasteiger partial charge >= 0.3 is 0 Å². The zero-order chi connectivity index (χ0) is 27.2. The molecular weight excluding hydrogens is 504 g/mol. The Kier molecular flexibility index (Phi) is 5.38. The average Bonchev–Trinajstić information content (AvgIpc) is 3.44. The van der Waals surface area contributed by atoms with Gasteiger partial charge in [-0.05, 0) is 23.6 Å². The van der Waals surface area contributed by atoms with Crippen molar-refractivity contribution >= 4 is 32.7 Å². The first kappa shape index (κ1) is 23.2. The maximum atomic E-state index is 6.29. The van der Waals surface area contributed by atoms with Gasteiger partial charge in [0.2, 0.25) is 0 Å². The van der Waals surface area contributed by atoms with Gasteiger partial charge in [-0.25, -0.2) is 15.0 Å². The van der Waals surface area contributed by atoms with Crippen LogP contribution in [-0.2, 0) is 0 Å². The highest BCUT2D eigenvalue weighted by molar-refractivity contribution is 6.09. The molecule has 0 spiro atoms. The Hall–Kier alpha value is -5.68. The summed E-state index contributed by atoms with van der Waals surface area (Å²) in [6, 6.07) is 42.6. The van der Waals surface area contributed by atoms with Crippen LogP contribution in [0, 0.1) is 0 Å². The van der Waals surface area contributed by atoms with Crippen LogP contribution >= 0.6 is 0 Å². The van der Waals surface area contributed by atoms with Crippen LogP contribution in [-0.4, -0.2) is 19.9 Å². The van der Waals surface area contributed by atoms with Crippen LogP contribution in [0.2, 0.25) is 0 Å². The SMILES string of the molecule is c1ccc(-c2nc(-c3ccccc3)nc(-c3cccc4cc(-c5cccc6c5oc5ccccc56)ncc34)n2)cc1. The molecular formula is C36H22N4O. The van der Waals surface area contributed by atoms with Crippen LogP contribution < -0.4 is 0 Å². The molecule has 3 aromatic heterocycles. The lowest BCUT2D eigenvalue weighted by Gasteiger charge is -2.11. The highest BCUT2D eigenvalue weighted by atomic mass is 16.3. The third kappa shape index (κ3) is 4.03. The fraction of sp³-hybridized carbons (Fsp3) is 0. The topological polar surface area (TPSA) is 64.7 Å². The molecule has 0 atom stereocenters. The largest absolute Gasteiger partial charge is 0.455 e. The first-order valence-corrected chi connectivity index (χ1v) is 13.5. The first-order chi connectivity index (χ1) is 20.3. The van der Waals surface area contributed by atoms with Crippen molar-refractivity contribution in [2.75, 3.05) is 0 Å². The van der Waals surface area contributed by atoms with Crippen molar-refractivity contribution < 1.29 is 4.42 Å². The smallest absolute Gasteiger partial charge is 0.164 e. The van der Waals surface area contributed by atoms with E-state index in [-0.39, 0.29) is 0 Å². The second-order valence-electron chi connectivity index (χ2n) is 9.92. The van der Waals surface area contributed by atoms with Gasteiger partial charge in [-0.3, -0.25) is 4.98 Å². The lowest BCUT2D eigenvalue weighted by atomic mass is 10.0. The average molecular weight is 527 g/mol. The molecule has 0 aliphatic heterocycles. The van der Waals surface area contributed by atoms with E-state index in [2.05, 4.69) is 36.4 Å². The molecule has 0 amide bonds. The summed E-state index contributed by atoms with van der Waals surface area (Å²) >= 11 is 0. The molecule has 0 unspecified atom stereocenters. The van der Waals surface area contributed by atoms with Gasteiger partial charge in [0.25, 0.3) is 0 Å². The molecule has 0 saturated heterocycles. The normalized spacial score (nSPS) is 11.4. The van der Waals surface area contributed by atoms with Crippen molar-refractivity contribution in [2.24, 2.45) is 0 Å². The number of hydrogen-bond donors (Lipinski definition) is 0. The standard InChI is InChI=1S/C36H22N4O/c1-3-11-23(12-4-1)34-38-35(24-13-5-2-6-14-24)40-36(39-34)28-18-9-15-25-21-31(37-22-30(25)28)29-19-10-17-27-26-16-7-8-20-32(26)41-33(27)29/h1-22H. The molecule has 0 radical (unpaired) electrons. The minimum atomic E-state index is 0.609. The molecule has 0 saturated carbocycles. The van der Waals surface area contributed by atoms with Gasteiger partial charge in [0, 0.05) is 44.6 Å². The van der Waals surface area contributed by atoms with Crippen molar-refractivity contribution in [3.63, 3.8) is 0 Å². The molecule has 0 aliphatic carbocycles. The van der Waals surface area contributed by atoms with E-state index in [1.165, 1.54) is 0 Å². The quantitative estimate of drug-likeness (QED) is 0.229. The van der Waals surface area contributed by atoms with E-state index >= 15 is 0 Å². The number of benzene rings is 5. The highest BCUT2D eigenvalue weighted by Gasteiger charge is 2.16. The summed E-state index contributed by atoms with van der Waals surface area (Å²) in [7, 11) is 0. The molecule has 5 heteroatoms. The zero-order valence-electron chi connectivity index (χ0n) is 21.9. The number of hydrogen-bond acceptors (Lipinski definition) is 5. The van der Waals surface area contributed by atoms with Crippen molar-refractivity contribution in [3.8, 4) is 45.4 Å². The Morgan fingerprint density at radius 2 is 1.07 bits per heavy atom. The Balaban J connectivity index is 1.30. The fourth-order valence-electron chi connectivity index (χ4n) is 5.39. The number of para-hydroxylation sites is 2. The number of pyridine rings is 1. The summed E-state index contributed by atoms with van der Waals surface area (Å²) in [6.07, 6.45) is 1.91. The third-order valence-electron chi connectivity index (χ3n) is 7.39. The maximum absolute atomic E-state index is 6.29. The van der Waals surface area contributed by atoms with Gasteiger partial charge in [-0.15, -0.1) is 0 Å². The van der Waals surface area contributed by atoms with E-state index in [0.29, 0.717) is 17.5 Å². The van der Waals surface area contributed by atoms with Gasteiger partial charge < -0.3 is 4.42 Å². The van der Waals surface area contributed by atoms with E-state index in [4.69, 9.17) is 24.4 Å². The molecule has 0 aliphatic rings. The summed E-state index contributed by atoms with van der Waals surface area (Å²) in [4.78, 5) is 19.6. The highest BCUT2D eigenvalue weighted by Crippen LogP contribution is 2.37. The maximum Gasteiger partial charge on any atom is 0.164 e. The van der Waals surface area contributed by atoms with Crippen molar-refractivity contribution in [1.29, 1.82) is 0 Å². The Morgan fingerprint density at radius 3 is 1.83 bits per heavy atom. The molecule has 8 aromatic rings. The zero-order valence-corrected chi connectivity index (χ0v) is 21.9. The van der Waals surface area contributed by atoms with Crippen molar-refractivity contribution in [2.45, 2.75) is 0 Å². The molecule has 5 nitrogen and oxygen atoms in total. The number of aromatic nitrogens is 4. The van der Waals surface area contributed by atoms with E-state index < -0.39 is 0 Å². The molecule has 41 heavy (non-hydrogen) atoms. The minimum absolute atomic E-state index is 0.609. The predicted molar refractivity (Wildman–Crippen MR) is 164 cm³/mol. The molecule has 0 fully saturated rings. The monoisotopic (exact) mass is 526 g/mol. The van der Waals surface area contributed by atoms with Crippen molar-refractivity contribution in [3.05, 3.63) is 134 Å². The molecule has 3 heterocycles. The third-order valence-corrected chi connectivity index (χ3v) is 7.39. The van der Waals surface area contributed by atoms with Crippen LogP contribution in [0.15, 0.2) is 138 Å². The second-order valence-corrected chi connectivity index (χ2v) is 9.92. The second kappa shape index (κ2) is 9.50. The molecule has 0 bridgehead atoms. The van der Waals surface area contributed by atoms with Gasteiger partial charge in [0.15, 0.2) is 17.5 Å². The Morgan fingerprint density at radius 1 is 0.463 bits per heavy atom. The van der Waals surface area contributed by atoms with E-state index in [1.807, 2.05) is 97.2 Å². The summed E-state index contributed by atoms with van der Waals surface area (Å²) < 4.78 is 6.29. The summed E-state index contributed by atoms with van der Waals surface area (Å²) in [5.41, 5.74) is 6.31. The number of nitrogens with zero attached hydrogens (tertiary/aromatic N) is 4. The van der Waals surface area contributed by atoms with Gasteiger partial charge in [-0.1, -0.05) is 109 Å². The molecule has 5 aromatic carbocycles. The lowest BCUT2D eigenvalue weighted by molar-refractivity contribution is 0.670. The van der Waals surface area contributed by atoms with Gasteiger partial charge in [0.1, 0.15) is 11.2 Å². The van der Waals surface area contributed by atoms with E-state index in [9.17, 15) is 0 Å². The molecule has 192 valence electrons. The van der Waals surface area contributed by atoms with Crippen molar-refractivity contribution in [1.82, 2.24) is 19.9 Å². The van der Waals surface area contributed by atoms with E-state index in [1.54, 1.807) is 0 Å². The van der Waals surface area contributed by atoms with E-state index in [0.717, 1.165) is 60.7 Å². The van der Waals surface area contributed by atoms with Crippen LogP contribution in [0.5, 0.6) is 0 Å². The Labute approximate surface area is 235 Å². The van der Waals surface area contributed by atoms with Gasteiger partial charge in [-0.2, -0.15) is 0 Å². The number of fused-ring (bicyclic) bond motifs is 4. The van der Waals surface area contributed by atoms with Crippen LogP contribution in [0.1, 0.15) is 0 Å². The summed E-state index contributed by atoms with van der Waals surface area (Å²) in [6.45, 7) is 0. The van der Waals surface area contributed by atoms with Gasteiger partial charge in [0.05, 0.1) is 5.69 Å².